The van der Waals surface area contributed by atoms with Crippen LogP contribution in [0.5, 0.6) is 0 Å². The molecule has 3 atom stereocenters. The molecule has 3 aliphatic rings. The minimum Gasteiger partial charge on any atom is -0.338 e. The van der Waals surface area contributed by atoms with Gasteiger partial charge in [-0.05, 0) is 56.8 Å². The Morgan fingerprint density at radius 1 is 1.05 bits per heavy atom. The van der Waals surface area contributed by atoms with Gasteiger partial charge < -0.3 is 10.2 Å². The molecule has 3 heteroatoms. The number of carbonyl (C=O) groups excluding carboxylic acids is 1. The van der Waals surface area contributed by atoms with Crippen molar-refractivity contribution < 1.29 is 4.79 Å². The van der Waals surface area contributed by atoms with Crippen LogP contribution in [-0.2, 0) is 4.79 Å². The highest BCUT2D eigenvalue weighted by Crippen LogP contribution is 2.33. The number of likely N-dealkylation sites (tertiary alicyclic amines) is 1. The van der Waals surface area contributed by atoms with Gasteiger partial charge in [0.15, 0.2) is 0 Å². The van der Waals surface area contributed by atoms with Crippen molar-refractivity contribution in [2.45, 2.75) is 76.9 Å². The fourth-order valence-corrected chi connectivity index (χ4v) is 4.11. The van der Waals surface area contributed by atoms with E-state index in [1.165, 1.54) is 38.5 Å². The second kappa shape index (κ2) is 5.43. The highest BCUT2D eigenvalue weighted by molar-refractivity contribution is 5.83. The van der Waals surface area contributed by atoms with Gasteiger partial charge in [-0.1, -0.05) is 13.8 Å². The van der Waals surface area contributed by atoms with Gasteiger partial charge in [0.2, 0.25) is 5.91 Å². The fraction of sp³-hybridized carbons (Fsp3) is 0.938. The summed E-state index contributed by atoms with van der Waals surface area (Å²) in [5.41, 5.74) is 0. The molecule has 108 valence electrons. The molecular formula is C16H28N2O. The third-order valence-corrected chi connectivity index (χ3v) is 5.08. The van der Waals surface area contributed by atoms with Crippen molar-refractivity contribution in [1.29, 1.82) is 0 Å². The molecule has 3 unspecified atom stereocenters. The number of piperidine rings is 1. The third kappa shape index (κ3) is 3.13. The van der Waals surface area contributed by atoms with Crippen LogP contribution in [0.3, 0.4) is 0 Å². The minimum atomic E-state index is 0.119. The first kappa shape index (κ1) is 13.4. The van der Waals surface area contributed by atoms with Crippen molar-refractivity contribution in [3.05, 3.63) is 0 Å². The Hall–Kier alpha value is -0.570. The van der Waals surface area contributed by atoms with E-state index in [2.05, 4.69) is 24.1 Å². The fourth-order valence-electron chi connectivity index (χ4n) is 4.11. The predicted molar refractivity (Wildman–Crippen MR) is 76.9 cm³/mol. The first-order valence-electron chi connectivity index (χ1n) is 8.20. The molecule has 0 radical (unpaired) electrons. The summed E-state index contributed by atoms with van der Waals surface area (Å²) in [5.74, 6) is 1.95. The quantitative estimate of drug-likeness (QED) is 0.849. The minimum absolute atomic E-state index is 0.119. The van der Waals surface area contributed by atoms with Crippen molar-refractivity contribution in [1.82, 2.24) is 10.2 Å². The second-order valence-electron chi connectivity index (χ2n) is 7.24. The smallest absolute Gasteiger partial charge is 0.239 e. The van der Waals surface area contributed by atoms with Gasteiger partial charge in [-0.15, -0.1) is 0 Å². The van der Waals surface area contributed by atoms with Gasteiger partial charge in [0.25, 0.3) is 0 Å². The third-order valence-electron chi connectivity index (χ3n) is 5.08. The van der Waals surface area contributed by atoms with Crippen LogP contribution in [0.25, 0.3) is 0 Å². The maximum Gasteiger partial charge on any atom is 0.239 e. The lowest BCUT2D eigenvalue weighted by Gasteiger charge is -2.43. The van der Waals surface area contributed by atoms with Crippen LogP contribution in [-0.4, -0.2) is 35.5 Å². The molecule has 1 heterocycles. The summed E-state index contributed by atoms with van der Waals surface area (Å²) in [6, 6.07) is 1.27. The summed E-state index contributed by atoms with van der Waals surface area (Å²) in [6.07, 6.45) is 8.52. The van der Waals surface area contributed by atoms with Gasteiger partial charge in [0.1, 0.15) is 0 Å². The lowest BCUT2D eigenvalue weighted by atomic mass is 9.79. The zero-order chi connectivity index (χ0) is 13.4. The number of hydrogen-bond acceptors (Lipinski definition) is 2. The standard InChI is InChI=1S/C16H28N2O/c1-11-8-12(2)10-14(9-11)18-7-3-4-15(16(18)19)17-13-5-6-13/h11-15,17H,3-10H2,1-2H3. The maximum absolute atomic E-state index is 12.7. The Bertz CT molecular complexity index is 330. The van der Waals surface area contributed by atoms with Gasteiger partial charge in [-0.3, -0.25) is 4.79 Å². The molecule has 3 rings (SSSR count). The SMILES string of the molecule is CC1CC(C)CC(N2CCCC(NC3CC3)C2=O)C1. The van der Waals surface area contributed by atoms with Crippen molar-refractivity contribution >= 4 is 5.91 Å². The molecule has 1 aliphatic heterocycles. The summed E-state index contributed by atoms with van der Waals surface area (Å²) in [5, 5.41) is 3.54. The van der Waals surface area contributed by atoms with E-state index >= 15 is 0 Å². The molecule has 1 amide bonds. The van der Waals surface area contributed by atoms with E-state index in [-0.39, 0.29) is 6.04 Å². The highest BCUT2D eigenvalue weighted by atomic mass is 16.2. The van der Waals surface area contributed by atoms with Crippen molar-refractivity contribution in [2.24, 2.45) is 11.8 Å². The average molecular weight is 264 g/mol. The molecule has 3 fully saturated rings. The van der Waals surface area contributed by atoms with E-state index in [0.717, 1.165) is 24.8 Å². The number of rotatable bonds is 3. The van der Waals surface area contributed by atoms with Gasteiger partial charge in [-0.2, -0.15) is 0 Å². The molecule has 1 saturated heterocycles. The second-order valence-corrected chi connectivity index (χ2v) is 7.24. The summed E-state index contributed by atoms with van der Waals surface area (Å²) in [6.45, 7) is 5.68. The zero-order valence-electron chi connectivity index (χ0n) is 12.4. The topological polar surface area (TPSA) is 32.3 Å². The van der Waals surface area contributed by atoms with Crippen LogP contribution in [0.15, 0.2) is 0 Å². The van der Waals surface area contributed by atoms with E-state index in [4.69, 9.17) is 0 Å². The van der Waals surface area contributed by atoms with Crippen LogP contribution in [0.1, 0.15) is 58.8 Å². The van der Waals surface area contributed by atoms with E-state index in [1.54, 1.807) is 0 Å². The van der Waals surface area contributed by atoms with Gasteiger partial charge in [0, 0.05) is 18.6 Å². The first-order valence-corrected chi connectivity index (χ1v) is 8.20. The molecule has 0 spiro atoms. The van der Waals surface area contributed by atoms with E-state index in [0.29, 0.717) is 18.0 Å². The molecular weight excluding hydrogens is 236 g/mol. The van der Waals surface area contributed by atoms with E-state index in [1.807, 2.05) is 0 Å². The molecule has 0 aromatic heterocycles. The Labute approximate surface area is 117 Å². The summed E-state index contributed by atoms with van der Waals surface area (Å²) in [7, 11) is 0. The van der Waals surface area contributed by atoms with Crippen LogP contribution in [0.4, 0.5) is 0 Å². The predicted octanol–water partition coefficient (Wildman–Crippen LogP) is 2.55. The number of nitrogens with one attached hydrogen (secondary N) is 1. The largest absolute Gasteiger partial charge is 0.338 e. The number of hydrogen-bond donors (Lipinski definition) is 1. The molecule has 2 saturated carbocycles. The van der Waals surface area contributed by atoms with Gasteiger partial charge in [-0.25, -0.2) is 0 Å². The Morgan fingerprint density at radius 3 is 2.37 bits per heavy atom. The normalized spacial score (nSPS) is 40.5. The van der Waals surface area contributed by atoms with E-state index < -0.39 is 0 Å². The number of nitrogens with zero attached hydrogens (tertiary/aromatic N) is 1. The number of carbonyl (C=O) groups is 1. The summed E-state index contributed by atoms with van der Waals surface area (Å²) < 4.78 is 0. The van der Waals surface area contributed by atoms with Gasteiger partial charge in [0.05, 0.1) is 6.04 Å². The van der Waals surface area contributed by atoms with Crippen LogP contribution >= 0.6 is 0 Å². The molecule has 1 N–H and O–H groups in total. The molecule has 3 nitrogen and oxygen atoms in total. The Balaban J connectivity index is 1.63. The Kier molecular flexibility index (Phi) is 3.84. The summed E-state index contributed by atoms with van der Waals surface area (Å²) >= 11 is 0. The van der Waals surface area contributed by atoms with Crippen molar-refractivity contribution in [2.75, 3.05) is 6.54 Å². The molecule has 0 aromatic rings. The van der Waals surface area contributed by atoms with Gasteiger partial charge >= 0.3 is 0 Å². The average Bonchev–Trinajstić information content (AvgIpc) is 3.14. The maximum atomic E-state index is 12.7. The van der Waals surface area contributed by atoms with Crippen LogP contribution < -0.4 is 5.32 Å². The lowest BCUT2D eigenvalue weighted by Crippen LogP contribution is -2.55. The van der Waals surface area contributed by atoms with E-state index in [9.17, 15) is 4.79 Å². The van der Waals surface area contributed by atoms with Crippen molar-refractivity contribution in [3.63, 3.8) is 0 Å². The molecule has 0 aromatic carbocycles. The Morgan fingerprint density at radius 2 is 1.74 bits per heavy atom. The van der Waals surface area contributed by atoms with Crippen LogP contribution in [0.2, 0.25) is 0 Å². The first-order chi connectivity index (χ1) is 9.13. The lowest BCUT2D eigenvalue weighted by molar-refractivity contribution is -0.140. The number of amides is 1. The molecule has 2 aliphatic carbocycles. The van der Waals surface area contributed by atoms with Crippen molar-refractivity contribution in [3.8, 4) is 0 Å². The zero-order valence-corrected chi connectivity index (χ0v) is 12.4. The highest BCUT2D eigenvalue weighted by Gasteiger charge is 2.38. The molecule has 19 heavy (non-hydrogen) atoms. The summed E-state index contributed by atoms with van der Waals surface area (Å²) in [4.78, 5) is 14.9. The van der Waals surface area contributed by atoms with Crippen LogP contribution in [0, 0.1) is 11.8 Å². The molecule has 0 bridgehead atoms. The monoisotopic (exact) mass is 264 g/mol.